The maximum Gasteiger partial charge on any atom is 0.330 e. The van der Waals surface area contributed by atoms with Crippen molar-refractivity contribution in [2.45, 2.75) is 6.92 Å². The Hall–Kier alpha value is -2.80. The van der Waals surface area contributed by atoms with Gasteiger partial charge in [-0.2, -0.15) is 0 Å². The monoisotopic (exact) mass is 342 g/mol. The summed E-state index contributed by atoms with van der Waals surface area (Å²) >= 11 is 1.49. The summed E-state index contributed by atoms with van der Waals surface area (Å²) in [4.78, 5) is 41.2. The molecule has 2 amide bonds. The summed E-state index contributed by atoms with van der Waals surface area (Å²) in [5.41, 5.74) is 1.45. The van der Waals surface area contributed by atoms with Crippen LogP contribution in [-0.4, -0.2) is 40.8 Å². The van der Waals surface area contributed by atoms with Crippen molar-refractivity contribution in [3.63, 3.8) is 0 Å². The molecule has 0 spiro atoms. The molecular formula is C17H14N2O4S. The van der Waals surface area contributed by atoms with E-state index in [-0.39, 0.29) is 25.0 Å². The molecule has 0 atom stereocenters. The minimum atomic E-state index is -0.544. The van der Waals surface area contributed by atoms with E-state index in [1.807, 2.05) is 12.3 Å². The van der Waals surface area contributed by atoms with Crippen LogP contribution >= 0.6 is 11.3 Å². The lowest BCUT2D eigenvalue weighted by Gasteiger charge is -2.13. The summed E-state index contributed by atoms with van der Waals surface area (Å²) in [6, 6.07) is 6.64. The van der Waals surface area contributed by atoms with Gasteiger partial charge >= 0.3 is 5.97 Å². The highest BCUT2D eigenvalue weighted by molar-refractivity contribution is 7.09. The normalized spacial score (nSPS) is 13.6. The van der Waals surface area contributed by atoms with Gasteiger partial charge in [-0.25, -0.2) is 9.78 Å². The molecule has 0 saturated carbocycles. The van der Waals surface area contributed by atoms with Gasteiger partial charge in [-0.3, -0.25) is 14.5 Å². The third kappa shape index (κ3) is 3.26. The zero-order valence-corrected chi connectivity index (χ0v) is 13.7. The molecule has 0 N–H and O–H groups in total. The number of carbonyl (C=O) groups excluding carboxylic acids is 3. The number of carbonyl (C=O) groups is 3. The van der Waals surface area contributed by atoms with Crippen molar-refractivity contribution in [2.75, 3.05) is 13.2 Å². The Kier molecular flexibility index (Phi) is 4.52. The zero-order chi connectivity index (χ0) is 17.1. The number of nitrogens with zero attached hydrogens (tertiary/aromatic N) is 2. The third-order valence-corrected chi connectivity index (χ3v) is 4.26. The van der Waals surface area contributed by atoms with Gasteiger partial charge in [-0.15, -0.1) is 11.3 Å². The SMILES string of the molecule is Cc1nc(C=CC(=O)OCCN2C(=O)c3ccccc3C2=O)cs1. The number of ether oxygens (including phenoxy) is 1. The van der Waals surface area contributed by atoms with Gasteiger partial charge in [0.1, 0.15) is 6.61 Å². The highest BCUT2D eigenvalue weighted by Crippen LogP contribution is 2.21. The molecule has 1 aromatic carbocycles. The van der Waals surface area contributed by atoms with Crippen molar-refractivity contribution < 1.29 is 19.1 Å². The van der Waals surface area contributed by atoms with E-state index in [1.54, 1.807) is 30.3 Å². The summed E-state index contributed by atoms with van der Waals surface area (Å²) < 4.78 is 5.03. The fraction of sp³-hybridized carbons (Fsp3) is 0.176. The van der Waals surface area contributed by atoms with Crippen LogP contribution in [0.4, 0.5) is 0 Å². The quantitative estimate of drug-likeness (QED) is 0.473. The third-order valence-electron chi connectivity index (χ3n) is 3.46. The summed E-state index contributed by atoms with van der Waals surface area (Å²) in [7, 11) is 0. The first-order chi connectivity index (χ1) is 11.6. The molecule has 0 radical (unpaired) electrons. The summed E-state index contributed by atoms with van der Waals surface area (Å²) in [6.45, 7) is 1.86. The Morgan fingerprint density at radius 3 is 2.50 bits per heavy atom. The Balaban J connectivity index is 1.52. The number of imide groups is 1. The molecule has 122 valence electrons. The largest absolute Gasteiger partial charge is 0.461 e. The van der Waals surface area contributed by atoms with Gasteiger partial charge in [0.15, 0.2) is 0 Å². The van der Waals surface area contributed by atoms with Gasteiger partial charge < -0.3 is 4.74 Å². The molecule has 0 saturated heterocycles. The van der Waals surface area contributed by atoms with Gasteiger partial charge in [0, 0.05) is 11.5 Å². The smallest absolute Gasteiger partial charge is 0.330 e. The maximum absolute atomic E-state index is 12.1. The molecule has 0 unspecified atom stereocenters. The van der Waals surface area contributed by atoms with Gasteiger partial charge in [-0.05, 0) is 25.1 Å². The van der Waals surface area contributed by atoms with Crippen LogP contribution in [-0.2, 0) is 9.53 Å². The van der Waals surface area contributed by atoms with Crippen LogP contribution in [0.2, 0.25) is 0 Å². The second-order valence-corrected chi connectivity index (χ2v) is 6.16. The zero-order valence-electron chi connectivity index (χ0n) is 12.9. The van der Waals surface area contributed by atoms with E-state index >= 15 is 0 Å². The van der Waals surface area contributed by atoms with E-state index in [4.69, 9.17) is 4.74 Å². The van der Waals surface area contributed by atoms with Crippen molar-refractivity contribution in [1.82, 2.24) is 9.88 Å². The predicted octanol–water partition coefficient (Wildman–Crippen LogP) is 2.30. The molecule has 3 rings (SSSR count). The van der Waals surface area contributed by atoms with Crippen molar-refractivity contribution in [3.8, 4) is 0 Å². The van der Waals surface area contributed by atoms with Gasteiger partial charge in [-0.1, -0.05) is 12.1 Å². The summed E-state index contributed by atoms with van der Waals surface area (Å²) in [5, 5.41) is 2.74. The average Bonchev–Trinajstić information content (AvgIpc) is 3.10. The molecule has 2 aromatic rings. The fourth-order valence-electron chi connectivity index (χ4n) is 2.34. The lowest BCUT2D eigenvalue weighted by Crippen LogP contribution is -2.33. The van der Waals surface area contributed by atoms with E-state index in [9.17, 15) is 14.4 Å². The van der Waals surface area contributed by atoms with Crippen LogP contribution in [0.3, 0.4) is 0 Å². The Labute approximate surface area is 142 Å². The molecule has 24 heavy (non-hydrogen) atoms. The molecule has 6 nitrogen and oxygen atoms in total. The fourth-order valence-corrected chi connectivity index (χ4v) is 2.92. The summed E-state index contributed by atoms with van der Waals surface area (Å²) in [6.07, 6.45) is 2.84. The van der Waals surface area contributed by atoms with Crippen molar-refractivity contribution in [1.29, 1.82) is 0 Å². The van der Waals surface area contributed by atoms with Crippen molar-refractivity contribution in [3.05, 3.63) is 57.6 Å². The number of aromatic nitrogens is 1. The molecule has 0 aliphatic carbocycles. The highest BCUT2D eigenvalue weighted by Gasteiger charge is 2.34. The standard InChI is InChI=1S/C17H14N2O4S/c1-11-18-12(10-24-11)6-7-15(20)23-9-8-19-16(21)13-4-2-3-5-14(13)17(19)22/h2-7,10H,8-9H2,1H3. The number of fused-ring (bicyclic) bond motifs is 1. The first kappa shape index (κ1) is 16.1. The number of hydrogen-bond donors (Lipinski definition) is 0. The Morgan fingerprint density at radius 2 is 1.92 bits per heavy atom. The number of benzene rings is 1. The molecule has 1 aromatic heterocycles. The molecule has 1 aliphatic rings. The van der Waals surface area contributed by atoms with E-state index in [1.165, 1.54) is 17.4 Å². The average molecular weight is 342 g/mol. The number of thiazole rings is 1. The topological polar surface area (TPSA) is 76.6 Å². The number of aryl methyl sites for hydroxylation is 1. The Bertz CT molecular complexity index is 806. The molecule has 7 heteroatoms. The number of amides is 2. The van der Waals surface area contributed by atoms with Gasteiger partial charge in [0.05, 0.1) is 28.4 Å². The lowest BCUT2D eigenvalue weighted by molar-refractivity contribution is -0.137. The number of esters is 1. The van der Waals surface area contributed by atoms with Crippen LogP contribution in [0.5, 0.6) is 0 Å². The molecule has 1 aliphatic heterocycles. The lowest BCUT2D eigenvalue weighted by atomic mass is 10.1. The molecule has 0 fully saturated rings. The number of hydrogen-bond acceptors (Lipinski definition) is 6. The Morgan fingerprint density at radius 1 is 1.25 bits per heavy atom. The summed E-state index contributed by atoms with van der Waals surface area (Å²) in [5.74, 6) is -1.27. The predicted molar refractivity (Wildman–Crippen MR) is 88.7 cm³/mol. The van der Waals surface area contributed by atoms with E-state index in [0.717, 1.165) is 9.91 Å². The minimum absolute atomic E-state index is 0.0295. The minimum Gasteiger partial charge on any atom is -0.461 e. The second kappa shape index (κ2) is 6.76. The highest BCUT2D eigenvalue weighted by atomic mass is 32.1. The van der Waals surface area contributed by atoms with Gasteiger partial charge in [0.2, 0.25) is 0 Å². The van der Waals surface area contributed by atoms with Crippen LogP contribution in [0, 0.1) is 6.92 Å². The second-order valence-electron chi connectivity index (χ2n) is 5.10. The van der Waals surface area contributed by atoms with Crippen molar-refractivity contribution in [2.24, 2.45) is 0 Å². The molecular weight excluding hydrogens is 328 g/mol. The van der Waals surface area contributed by atoms with Crippen LogP contribution < -0.4 is 0 Å². The first-order valence-electron chi connectivity index (χ1n) is 7.28. The van der Waals surface area contributed by atoms with Crippen LogP contribution in [0.1, 0.15) is 31.4 Å². The van der Waals surface area contributed by atoms with E-state index in [0.29, 0.717) is 16.8 Å². The van der Waals surface area contributed by atoms with Crippen molar-refractivity contribution >= 4 is 35.2 Å². The van der Waals surface area contributed by atoms with Crippen LogP contribution in [0.15, 0.2) is 35.7 Å². The maximum atomic E-state index is 12.1. The molecule has 2 heterocycles. The molecule has 0 bridgehead atoms. The first-order valence-corrected chi connectivity index (χ1v) is 8.16. The van der Waals surface area contributed by atoms with Gasteiger partial charge in [0.25, 0.3) is 11.8 Å². The van der Waals surface area contributed by atoms with E-state index in [2.05, 4.69) is 4.98 Å². The van der Waals surface area contributed by atoms with Crippen LogP contribution in [0.25, 0.3) is 6.08 Å². The number of rotatable bonds is 5. The van der Waals surface area contributed by atoms with E-state index < -0.39 is 5.97 Å².